The van der Waals surface area contributed by atoms with Crippen LogP contribution < -0.4 is 5.56 Å². The van der Waals surface area contributed by atoms with E-state index in [0.29, 0.717) is 5.69 Å². The van der Waals surface area contributed by atoms with Crippen molar-refractivity contribution in [3.05, 3.63) is 49.4 Å². The van der Waals surface area contributed by atoms with Crippen molar-refractivity contribution in [2.75, 3.05) is 0 Å². The summed E-state index contributed by atoms with van der Waals surface area (Å²) in [4.78, 5) is 19.4. The third-order valence-electron chi connectivity index (χ3n) is 4.44. The molecule has 0 bridgehead atoms. The van der Waals surface area contributed by atoms with Gasteiger partial charge in [-0.3, -0.25) is 19.3 Å². The van der Waals surface area contributed by atoms with Gasteiger partial charge in [-0.15, -0.1) is 0 Å². The summed E-state index contributed by atoms with van der Waals surface area (Å²) in [6, 6.07) is 7.53. The van der Waals surface area contributed by atoms with Gasteiger partial charge in [0.25, 0.3) is 5.56 Å². The van der Waals surface area contributed by atoms with E-state index < -0.39 is 5.56 Å². The van der Waals surface area contributed by atoms with Gasteiger partial charge in [-0.25, -0.2) is 0 Å². The van der Waals surface area contributed by atoms with E-state index in [0.717, 1.165) is 30.2 Å². The van der Waals surface area contributed by atoms with Gasteiger partial charge in [0.2, 0.25) is 5.88 Å². The van der Waals surface area contributed by atoms with Crippen LogP contribution in [0.5, 0.6) is 5.88 Å². The second-order valence-corrected chi connectivity index (χ2v) is 7.53. The molecular weight excluding hydrogens is 402 g/mol. The van der Waals surface area contributed by atoms with Crippen molar-refractivity contribution < 1.29 is 5.11 Å². The maximum Gasteiger partial charge on any atom is 0.264 e. The Hall–Kier alpha value is -1.73. The van der Waals surface area contributed by atoms with E-state index in [2.05, 4.69) is 25.9 Å². The zero-order valence-corrected chi connectivity index (χ0v) is 16.1. The molecule has 3 rings (SSSR count). The standard InChI is InChI=1S/C18H20BrN3O2S/c19-12-7-9-14(10-8-12)22-17(24)15(16(23)21-18(22)25)11-20-13-5-3-1-2-4-6-13/h7-11,13,24H,1-6H2,(H,21,23,25). The molecule has 5 nitrogen and oxygen atoms in total. The number of aliphatic imine (C=N–C) groups is 1. The minimum atomic E-state index is -0.423. The van der Waals surface area contributed by atoms with E-state index in [1.54, 1.807) is 0 Å². The lowest BCUT2D eigenvalue weighted by Gasteiger charge is -2.12. The number of nitrogens with zero attached hydrogens (tertiary/aromatic N) is 2. The maximum atomic E-state index is 12.2. The summed E-state index contributed by atoms with van der Waals surface area (Å²) < 4.78 is 2.51. The average Bonchev–Trinajstić information content (AvgIpc) is 2.85. The molecule has 25 heavy (non-hydrogen) atoms. The molecule has 0 aliphatic heterocycles. The Morgan fingerprint density at radius 1 is 1.20 bits per heavy atom. The van der Waals surface area contributed by atoms with Crippen molar-refractivity contribution in [1.29, 1.82) is 0 Å². The largest absolute Gasteiger partial charge is 0.494 e. The molecule has 2 aromatic rings. The first-order valence-corrected chi connectivity index (χ1v) is 9.64. The molecule has 1 aliphatic rings. The summed E-state index contributed by atoms with van der Waals surface area (Å²) in [5.74, 6) is -0.187. The topological polar surface area (TPSA) is 70.4 Å². The summed E-state index contributed by atoms with van der Waals surface area (Å²) in [5.41, 5.74) is 0.389. The molecule has 0 saturated heterocycles. The number of aromatic nitrogens is 2. The number of nitrogens with one attached hydrogen (secondary N) is 1. The Kier molecular flexibility index (Phi) is 5.86. The van der Waals surface area contributed by atoms with Crippen LogP contribution in [0.25, 0.3) is 5.69 Å². The van der Waals surface area contributed by atoms with Crippen molar-refractivity contribution in [3.63, 3.8) is 0 Å². The molecule has 1 aromatic heterocycles. The number of aromatic amines is 1. The minimum Gasteiger partial charge on any atom is -0.494 e. The molecule has 7 heteroatoms. The summed E-state index contributed by atoms with van der Waals surface area (Å²) in [6.07, 6.45) is 8.36. The summed E-state index contributed by atoms with van der Waals surface area (Å²) in [6.45, 7) is 0. The first-order chi connectivity index (χ1) is 12.1. The Balaban J connectivity index is 1.99. The maximum absolute atomic E-state index is 12.2. The third-order valence-corrected chi connectivity index (χ3v) is 5.26. The Bertz CT molecular complexity index is 879. The highest BCUT2D eigenvalue weighted by molar-refractivity contribution is 9.10. The van der Waals surface area contributed by atoms with Crippen LogP contribution in [0.15, 0.2) is 38.5 Å². The number of rotatable bonds is 3. The van der Waals surface area contributed by atoms with Gasteiger partial charge in [0.1, 0.15) is 5.56 Å². The lowest BCUT2D eigenvalue weighted by atomic mass is 10.1. The SMILES string of the molecule is O=c1[nH]c(=S)n(-c2ccc(Br)cc2)c(O)c1C=NC1CCCCCC1. The highest BCUT2D eigenvalue weighted by Crippen LogP contribution is 2.22. The smallest absolute Gasteiger partial charge is 0.264 e. The molecule has 0 radical (unpaired) electrons. The molecule has 0 amide bonds. The van der Waals surface area contributed by atoms with Crippen LogP contribution in [-0.4, -0.2) is 26.9 Å². The van der Waals surface area contributed by atoms with E-state index in [1.165, 1.54) is 23.6 Å². The number of H-pyrrole nitrogens is 1. The predicted molar refractivity (Wildman–Crippen MR) is 106 cm³/mol. The second-order valence-electron chi connectivity index (χ2n) is 6.23. The Morgan fingerprint density at radius 3 is 2.48 bits per heavy atom. The molecule has 0 unspecified atom stereocenters. The first-order valence-electron chi connectivity index (χ1n) is 8.43. The molecule has 0 atom stereocenters. The first kappa shape index (κ1) is 18.1. The second kappa shape index (κ2) is 8.10. The van der Waals surface area contributed by atoms with Crippen LogP contribution in [0.3, 0.4) is 0 Å². The van der Waals surface area contributed by atoms with Crippen molar-refractivity contribution in [2.24, 2.45) is 4.99 Å². The van der Waals surface area contributed by atoms with E-state index in [9.17, 15) is 9.90 Å². The van der Waals surface area contributed by atoms with E-state index in [1.807, 2.05) is 24.3 Å². The number of halogens is 1. The molecule has 1 aliphatic carbocycles. The number of hydrogen-bond acceptors (Lipinski definition) is 4. The van der Waals surface area contributed by atoms with Gasteiger partial charge in [-0.1, -0.05) is 41.6 Å². The van der Waals surface area contributed by atoms with Crippen LogP contribution in [0, 0.1) is 4.77 Å². The fourth-order valence-electron chi connectivity index (χ4n) is 3.07. The summed E-state index contributed by atoms with van der Waals surface area (Å²) in [7, 11) is 0. The average molecular weight is 422 g/mol. The third kappa shape index (κ3) is 4.27. The normalized spacial score (nSPS) is 16.2. The van der Waals surface area contributed by atoms with Crippen LogP contribution >= 0.6 is 28.1 Å². The zero-order valence-electron chi connectivity index (χ0n) is 13.7. The van der Waals surface area contributed by atoms with Crippen molar-refractivity contribution >= 4 is 34.4 Å². The van der Waals surface area contributed by atoms with E-state index >= 15 is 0 Å². The minimum absolute atomic E-state index is 0.140. The molecule has 0 spiro atoms. The molecule has 1 heterocycles. The van der Waals surface area contributed by atoms with Gasteiger partial charge >= 0.3 is 0 Å². The number of benzene rings is 1. The fourth-order valence-corrected chi connectivity index (χ4v) is 3.62. The van der Waals surface area contributed by atoms with Gasteiger partial charge in [0, 0.05) is 16.7 Å². The zero-order chi connectivity index (χ0) is 17.8. The Labute approximate surface area is 159 Å². The molecular formula is C18H20BrN3O2S. The van der Waals surface area contributed by atoms with Crippen molar-refractivity contribution in [3.8, 4) is 11.6 Å². The van der Waals surface area contributed by atoms with Gasteiger partial charge < -0.3 is 5.11 Å². The van der Waals surface area contributed by atoms with Crippen LogP contribution in [-0.2, 0) is 0 Å². The lowest BCUT2D eigenvalue weighted by molar-refractivity contribution is 0.432. The van der Waals surface area contributed by atoms with Crippen LogP contribution in [0.2, 0.25) is 0 Å². The number of hydrogen-bond donors (Lipinski definition) is 2. The number of aromatic hydroxyl groups is 1. The molecule has 1 fully saturated rings. The van der Waals surface area contributed by atoms with Gasteiger partial charge in [-0.05, 0) is 49.3 Å². The van der Waals surface area contributed by atoms with Crippen molar-refractivity contribution in [1.82, 2.24) is 9.55 Å². The molecule has 132 valence electrons. The van der Waals surface area contributed by atoms with Gasteiger partial charge in [0.05, 0.1) is 5.69 Å². The lowest BCUT2D eigenvalue weighted by Crippen LogP contribution is -2.18. The highest BCUT2D eigenvalue weighted by atomic mass is 79.9. The molecule has 1 aromatic carbocycles. The fraction of sp³-hybridized carbons (Fsp3) is 0.389. The van der Waals surface area contributed by atoms with E-state index in [-0.39, 0.29) is 22.3 Å². The monoisotopic (exact) mass is 421 g/mol. The predicted octanol–water partition coefficient (Wildman–Crippen LogP) is 4.50. The highest BCUT2D eigenvalue weighted by Gasteiger charge is 2.14. The molecule has 2 N–H and O–H groups in total. The quantitative estimate of drug-likeness (QED) is 0.435. The van der Waals surface area contributed by atoms with E-state index in [4.69, 9.17) is 12.2 Å². The molecule has 1 saturated carbocycles. The van der Waals surface area contributed by atoms with Crippen LogP contribution in [0.1, 0.15) is 44.1 Å². The van der Waals surface area contributed by atoms with Crippen LogP contribution in [0.4, 0.5) is 0 Å². The van der Waals surface area contributed by atoms with Crippen molar-refractivity contribution in [2.45, 2.75) is 44.6 Å². The summed E-state index contributed by atoms with van der Waals surface area (Å²) in [5, 5.41) is 10.6. The van der Waals surface area contributed by atoms with Gasteiger partial charge in [-0.2, -0.15) is 0 Å². The Morgan fingerprint density at radius 2 is 1.84 bits per heavy atom. The summed E-state index contributed by atoms with van der Waals surface area (Å²) >= 11 is 8.60. The van der Waals surface area contributed by atoms with Gasteiger partial charge in [0.15, 0.2) is 4.77 Å².